The van der Waals surface area contributed by atoms with Gasteiger partial charge in [0, 0.05) is 29.8 Å². The summed E-state index contributed by atoms with van der Waals surface area (Å²) in [4.78, 5) is 17.8. The van der Waals surface area contributed by atoms with E-state index in [1.54, 1.807) is 11.3 Å². The van der Waals surface area contributed by atoms with Crippen LogP contribution in [0.15, 0.2) is 60.0 Å². The fourth-order valence-electron chi connectivity index (χ4n) is 3.59. The van der Waals surface area contributed by atoms with Gasteiger partial charge in [-0.15, -0.1) is 11.3 Å². The molecule has 4 nitrogen and oxygen atoms in total. The number of nitrogens with zero attached hydrogens (tertiary/aromatic N) is 1. The van der Waals surface area contributed by atoms with Crippen LogP contribution in [0.1, 0.15) is 23.4 Å². The molecule has 0 spiro atoms. The van der Waals surface area contributed by atoms with E-state index in [0.717, 1.165) is 27.5 Å². The van der Waals surface area contributed by atoms with E-state index in [0.29, 0.717) is 26.1 Å². The molecule has 0 bridgehead atoms. The van der Waals surface area contributed by atoms with E-state index >= 15 is 0 Å². The zero-order valence-corrected chi connectivity index (χ0v) is 16.1. The lowest BCUT2D eigenvalue weighted by atomic mass is 9.73. The van der Waals surface area contributed by atoms with Crippen molar-refractivity contribution in [1.82, 2.24) is 4.98 Å². The first-order chi connectivity index (χ1) is 13.2. The average Bonchev–Trinajstić information content (AvgIpc) is 3.16. The summed E-state index contributed by atoms with van der Waals surface area (Å²) < 4.78 is 5.53. The number of ether oxygens (including phenoxy) is 1. The molecule has 0 atom stereocenters. The van der Waals surface area contributed by atoms with Crippen molar-refractivity contribution < 1.29 is 9.53 Å². The number of aromatic nitrogens is 1. The number of hydrogen-bond acceptors (Lipinski definition) is 4. The molecule has 0 unspecified atom stereocenters. The van der Waals surface area contributed by atoms with E-state index in [-0.39, 0.29) is 5.91 Å². The van der Waals surface area contributed by atoms with E-state index in [1.807, 2.05) is 61.5 Å². The summed E-state index contributed by atoms with van der Waals surface area (Å²) in [6.07, 6.45) is 1.39. The molecule has 2 aromatic carbocycles. The number of anilines is 1. The van der Waals surface area contributed by atoms with Gasteiger partial charge in [-0.25, -0.2) is 4.98 Å². The maximum absolute atomic E-state index is 13.3. The first-order valence-electron chi connectivity index (χ1n) is 9.15. The molecule has 0 aliphatic carbocycles. The van der Waals surface area contributed by atoms with E-state index < -0.39 is 5.41 Å². The monoisotopic (exact) mass is 378 g/mol. The van der Waals surface area contributed by atoms with Crippen molar-refractivity contribution in [3.05, 3.63) is 70.5 Å². The molecule has 0 radical (unpaired) electrons. The summed E-state index contributed by atoms with van der Waals surface area (Å²) in [6, 6.07) is 17.9. The van der Waals surface area contributed by atoms with Gasteiger partial charge in [0.05, 0.1) is 16.1 Å². The van der Waals surface area contributed by atoms with Crippen LogP contribution in [0.2, 0.25) is 0 Å². The number of amides is 1. The van der Waals surface area contributed by atoms with Crippen LogP contribution in [0.5, 0.6) is 0 Å². The van der Waals surface area contributed by atoms with Crippen molar-refractivity contribution in [3.8, 4) is 11.3 Å². The predicted molar refractivity (Wildman–Crippen MR) is 109 cm³/mol. The Morgan fingerprint density at radius 3 is 2.41 bits per heavy atom. The van der Waals surface area contributed by atoms with Crippen molar-refractivity contribution in [2.45, 2.75) is 25.2 Å². The van der Waals surface area contributed by atoms with Crippen molar-refractivity contribution in [2.24, 2.45) is 0 Å². The highest BCUT2D eigenvalue weighted by Crippen LogP contribution is 2.36. The number of benzene rings is 2. The van der Waals surface area contributed by atoms with Crippen LogP contribution in [0.3, 0.4) is 0 Å². The predicted octanol–water partition coefficient (Wildman–Crippen LogP) is 4.81. The largest absolute Gasteiger partial charge is 0.381 e. The number of hydrogen-bond donors (Lipinski definition) is 1. The number of aryl methyl sites for hydroxylation is 1. The normalized spacial score (nSPS) is 16.0. The van der Waals surface area contributed by atoms with Crippen LogP contribution in [0, 0.1) is 6.92 Å². The molecule has 1 saturated heterocycles. The van der Waals surface area contributed by atoms with Gasteiger partial charge in [0.2, 0.25) is 5.91 Å². The summed E-state index contributed by atoms with van der Waals surface area (Å²) in [6.45, 7) is 3.20. The second-order valence-electron chi connectivity index (χ2n) is 6.84. The van der Waals surface area contributed by atoms with Crippen LogP contribution in [0.4, 0.5) is 5.69 Å². The Morgan fingerprint density at radius 2 is 1.78 bits per heavy atom. The maximum Gasteiger partial charge on any atom is 0.235 e. The molecule has 2 heterocycles. The standard InChI is InChI=1S/C22H22N2O2S/c1-16-23-20(15-27-16)17-7-9-19(10-8-17)24-21(25)22(11-13-26-14-12-22)18-5-3-2-4-6-18/h2-10,15H,11-14H2,1H3,(H,24,25). The molecular weight excluding hydrogens is 356 g/mol. The fourth-order valence-corrected chi connectivity index (χ4v) is 4.22. The Labute approximate surface area is 163 Å². The first kappa shape index (κ1) is 17.9. The van der Waals surface area contributed by atoms with Crippen LogP contribution in [0.25, 0.3) is 11.3 Å². The number of carbonyl (C=O) groups excluding carboxylic acids is 1. The highest BCUT2D eigenvalue weighted by molar-refractivity contribution is 7.09. The van der Waals surface area contributed by atoms with Crippen molar-refractivity contribution in [1.29, 1.82) is 0 Å². The molecule has 0 saturated carbocycles. The highest BCUT2D eigenvalue weighted by Gasteiger charge is 2.41. The van der Waals surface area contributed by atoms with Crippen LogP contribution in [-0.4, -0.2) is 24.1 Å². The van der Waals surface area contributed by atoms with Gasteiger partial charge in [-0.3, -0.25) is 4.79 Å². The molecule has 5 heteroatoms. The first-order valence-corrected chi connectivity index (χ1v) is 10.0. The third-order valence-electron chi connectivity index (χ3n) is 5.16. The third-order valence-corrected chi connectivity index (χ3v) is 5.94. The molecule has 1 aromatic heterocycles. The van der Waals surface area contributed by atoms with E-state index in [2.05, 4.69) is 15.7 Å². The minimum absolute atomic E-state index is 0.0363. The SMILES string of the molecule is Cc1nc(-c2ccc(NC(=O)C3(c4ccccc4)CCOCC3)cc2)cs1. The average molecular weight is 378 g/mol. The number of rotatable bonds is 4. The third kappa shape index (κ3) is 3.66. The lowest BCUT2D eigenvalue weighted by Gasteiger charge is -2.36. The molecule has 3 aromatic rings. The molecular formula is C22H22N2O2S. The van der Waals surface area contributed by atoms with Crippen molar-refractivity contribution >= 4 is 22.9 Å². The van der Waals surface area contributed by atoms with Gasteiger partial charge in [0.25, 0.3) is 0 Å². The summed E-state index contributed by atoms with van der Waals surface area (Å²) in [5, 5.41) is 6.22. The topological polar surface area (TPSA) is 51.2 Å². The lowest BCUT2D eigenvalue weighted by Crippen LogP contribution is -2.44. The van der Waals surface area contributed by atoms with E-state index in [4.69, 9.17) is 4.74 Å². The maximum atomic E-state index is 13.3. The molecule has 1 fully saturated rings. The Bertz CT molecular complexity index is 913. The molecule has 4 rings (SSSR count). The Balaban J connectivity index is 1.56. The Morgan fingerprint density at radius 1 is 1.07 bits per heavy atom. The van der Waals surface area contributed by atoms with Gasteiger partial charge < -0.3 is 10.1 Å². The Kier molecular flexibility index (Phi) is 5.05. The van der Waals surface area contributed by atoms with Crippen LogP contribution in [-0.2, 0) is 14.9 Å². The number of carbonyl (C=O) groups is 1. The molecule has 1 amide bonds. The van der Waals surface area contributed by atoms with E-state index in [9.17, 15) is 4.79 Å². The van der Waals surface area contributed by atoms with Crippen LogP contribution < -0.4 is 5.32 Å². The second-order valence-corrected chi connectivity index (χ2v) is 7.91. The minimum atomic E-state index is -0.537. The lowest BCUT2D eigenvalue weighted by molar-refractivity contribution is -0.125. The summed E-state index contributed by atoms with van der Waals surface area (Å²) in [5.74, 6) is 0.0363. The number of thiazole rings is 1. The smallest absolute Gasteiger partial charge is 0.235 e. The molecule has 27 heavy (non-hydrogen) atoms. The summed E-state index contributed by atoms with van der Waals surface area (Å²) >= 11 is 1.64. The van der Waals surface area contributed by atoms with Gasteiger partial charge in [-0.1, -0.05) is 42.5 Å². The highest BCUT2D eigenvalue weighted by atomic mass is 32.1. The summed E-state index contributed by atoms with van der Waals surface area (Å²) in [7, 11) is 0. The Hall–Kier alpha value is -2.50. The number of nitrogens with one attached hydrogen (secondary N) is 1. The molecule has 1 aliphatic heterocycles. The van der Waals surface area contributed by atoms with Gasteiger partial charge in [0.1, 0.15) is 0 Å². The van der Waals surface area contributed by atoms with Gasteiger partial charge in [-0.05, 0) is 37.5 Å². The quantitative estimate of drug-likeness (QED) is 0.709. The fraction of sp³-hybridized carbons (Fsp3) is 0.273. The summed E-state index contributed by atoms with van der Waals surface area (Å²) in [5.41, 5.74) is 3.35. The van der Waals surface area contributed by atoms with Gasteiger partial charge >= 0.3 is 0 Å². The van der Waals surface area contributed by atoms with Crippen molar-refractivity contribution in [3.63, 3.8) is 0 Å². The zero-order valence-electron chi connectivity index (χ0n) is 15.3. The van der Waals surface area contributed by atoms with E-state index in [1.165, 1.54) is 0 Å². The van der Waals surface area contributed by atoms with Crippen molar-refractivity contribution in [2.75, 3.05) is 18.5 Å². The van der Waals surface area contributed by atoms with Gasteiger partial charge in [0.15, 0.2) is 0 Å². The molecule has 1 N–H and O–H groups in total. The molecule has 138 valence electrons. The molecule has 1 aliphatic rings. The van der Waals surface area contributed by atoms with Gasteiger partial charge in [-0.2, -0.15) is 0 Å². The second kappa shape index (κ2) is 7.62. The van der Waals surface area contributed by atoms with Crippen LogP contribution >= 0.6 is 11.3 Å². The minimum Gasteiger partial charge on any atom is -0.381 e. The zero-order chi connectivity index (χ0) is 18.7.